The first kappa shape index (κ1) is 17.9. The number of hydrogen-bond acceptors (Lipinski definition) is 4. The molecular formula is C17H31N3O. The minimum absolute atomic E-state index is 0.102. The van der Waals surface area contributed by atoms with Gasteiger partial charge >= 0.3 is 0 Å². The molecule has 2 unspecified atom stereocenters. The lowest BCUT2D eigenvalue weighted by molar-refractivity contribution is 0.240. The Labute approximate surface area is 129 Å². The zero-order valence-corrected chi connectivity index (χ0v) is 14.3. The standard InChI is InChI=1S/C17H31N3O/c1-12(2)21-15-8-14(10-19-11-15)16(20-18)7-13(3)9-17(4,5)6/h8,10-13,16,20H,7,9,18H2,1-6H3. The Morgan fingerprint density at radius 1 is 1.24 bits per heavy atom. The van der Waals surface area contributed by atoms with Crippen LogP contribution in [0.4, 0.5) is 0 Å². The van der Waals surface area contributed by atoms with Crippen LogP contribution < -0.4 is 16.0 Å². The van der Waals surface area contributed by atoms with Gasteiger partial charge in [-0.1, -0.05) is 27.7 Å². The van der Waals surface area contributed by atoms with Gasteiger partial charge in [-0.2, -0.15) is 0 Å². The van der Waals surface area contributed by atoms with E-state index >= 15 is 0 Å². The Kier molecular flexibility index (Phi) is 6.62. The van der Waals surface area contributed by atoms with Crippen molar-refractivity contribution in [3.05, 3.63) is 24.0 Å². The maximum Gasteiger partial charge on any atom is 0.138 e. The second kappa shape index (κ2) is 7.76. The molecular weight excluding hydrogens is 262 g/mol. The highest BCUT2D eigenvalue weighted by Gasteiger charge is 2.20. The molecule has 0 aliphatic rings. The van der Waals surface area contributed by atoms with E-state index in [0.717, 1.165) is 17.7 Å². The molecule has 0 bridgehead atoms. The number of rotatable bonds is 7. The predicted octanol–water partition coefficient (Wildman–Crippen LogP) is 3.84. The van der Waals surface area contributed by atoms with E-state index in [2.05, 4.69) is 38.1 Å². The number of hydrogen-bond donors (Lipinski definition) is 2. The summed E-state index contributed by atoms with van der Waals surface area (Å²) in [5.41, 5.74) is 4.33. The van der Waals surface area contributed by atoms with Crippen LogP contribution in [0.5, 0.6) is 5.75 Å². The first-order valence-electron chi connectivity index (χ1n) is 7.79. The van der Waals surface area contributed by atoms with Crippen molar-refractivity contribution in [1.82, 2.24) is 10.4 Å². The Bertz CT molecular complexity index is 426. The minimum atomic E-state index is 0.102. The molecule has 0 saturated heterocycles. The zero-order valence-electron chi connectivity index (χ0n) is 14.3. The van der Waals surface area contributed by atoms with Gasteiger partial charge in [0.1, 0.15) is 5.75 Å². The summed E-state index contributed by atoms with van der Waals surface area (Å²) in [5, 5.41) is 0. The molecule has 0 fully saturated rings. The van der Waals surface area contributed by atoms with Gasteiger partial charge in [0.15, 0.2) is 0 Å². The summed E-state index contributed by atoms with van der Waals surface area (Å²) in [6.07, 6.45) is 5.91. The first-order chi connectivity index (χ1) is 9.71. The van der Waals surface area contributed by atoms with Gasteiger partial charge in [0.25, 0.3) is 0 Å². The lowest BCUT2D eigenvalue weighted by atomic mass is 9.82. The Balaban J connectivity index is 2.75. The fraction of sp³-hybridized carbons (Fsp3) is 0.706. The number of aromatic nitrogens is 1. The van der Waals surface area contributed by atoms with Crippen molar-refractivity contribution < 1.29 is 4.74 Å². The zero-order chi connectivity index (χ0) is 16.0. The summed E-state index contributed by atoms with van der Waals surface area (Å²) in [7, 11) is 0. The van der Waals surface area contributed by atoms with E-state index < -0.39 is 0 Å². The van der Waals surface area contributed by atoms with Gasteiger partial charge in [0, 0.05) is 12.2 Å². The third-order valence-corrected chi connectivity index (χ3v) is 3.31. The molecule has 0 radical (unpaired) electrons. The van der Waals surface area contributed by atoms with E-state index in [9.17, 15) is 0 Å². The first-order valence-corrected chi connectivity index (χ1v) is 7.79. The van der Waals surface area contributed by atoms with E-state index in [1.165, 1.54) is 6.42 Å². The molecule has 0 amide bonds. The molecule has 2 atom stereocenters. The van der Waals surface area contributed by atoms with E-state index in [1.54, 1.807) is 6.20 Å². The summed E-state index contributed by atoms with van der Waals surface area (Å²) in [5.74, 6) is 7.13. The molecule has 0 saturated carbocycles. The van der Waals surface area contributed by atoms with Crippen molar-refractivity contribution in [2.45, 2.75) is 66.5 Å². The molecule has 1 aromatic rings. The van der Waals surface area contributed by atoms with Crippen LogP contribution in [-0.2, 0) is 0 Å². The monoisotopic (exact) mass is 293 g/mol. The number of pyridine rings is 1. The number of nitrogens with one attached hydrogen (secondary N) is 1. The lowest BCUT2D eigenvalue weighted by Crippen LogP contribution is -2.30. The summed E-state index contributed by atoms with van der Waals surface area (Å²) in [4.78, 5) is 4.27. The number of hydrazine groups is 1. The fourth-order valence-electron chi connectivity index (χ4n) is 2.79. The second-order valence-electron chi connectivity index (χ2n) is 7.45. The van der Waals surface area contributed by atoms with Crippen LogP contribution >= 0.6 is 0 Å². The van der Waals surface area contributed by atoms with Crippen LogP contribution in [0.2, 0.25) is 0 Å². The predicted molar refractivity (Wildman–Crippen MR) is 87.9 cm³/mol. The maximum atomic E-state index is 5.75. The molecule has 120 valence electrons. The smallest absolute Gasteiger partial charge is 0.138 e. The van der Waals surface area contributed by atoms with Gasteiger partial charge in [-0.05, 0) is 49.7 Å². The Hall–Kier alpha value is -1.13. The van der Waals surface area contributed by atoms with Gasteiger partial charge in [0.05, 0.1) is 12.3 Å². The molecule has 3 N–H and O–H groups in total. The van der Waals surface area contributed by atoms with E-state index in [4.69, 9.17) is 10.6 Å². The minimum Gasteiger partial charge on any atom is -0.489 e. The highest BCUT2D eigenvalue weighted by Crippen LogP contribution is 2.30. The van der Waals surface area contributed by atoms with E-state index in [-0.39, 0.29) is 12.1 Å². The van der Waals surface area contributed by atoms with Crippen molar-refractivity contribution in [2.24, 2.45) is 17.2 Å². The normalized spacial score (nSPS) is 15.0. The Morgan fingerprint density at radius 3 is 2.43 bits per heavy atom. The van der Waals surface area contributed by atoms with Gasteiger partial charge < -0.3 is 4.74 Å². The van der Waals surface area contributed by atoms with Crippen LogP contribution in [0.25, 0.3) is 0 Å². The summed E-state index contributed by atoms with van der Waals surface area (Å²) in [6.45, 7) is 13.1. The van der Waals surface area contributed by atoms with Crippen LogP contribution in [-0.4, -0.2) is 11.1 Å². The molecule has 1 rings (SSSR count). The molecule has 1 heterocycles. The van der Waals surface area contributed by atoms with Crippen molar-refractivity contribution in [2.75, 3.05) is 0 Å². The average Bonchev–Trinajstić information content (AvgIpc) is 2.33. The SMILES string of the molecule is CC(CC(NN)c1cncc(OC(C)C)c1)CC(C)(C)C. The summed E-state index contributed by atoms with van der Waals surface area (Å²) >= 11 is 0. The van der Waals surface area contributed by atoms with E-state index in [0.29, 0.717) is 11.3 Å². The molecule has 1 aromatic heterocycles. The summed E-state index contributed by atoms with van der Waals surface area (Å²) in [6, 6.07) is 2.13. The molecule has 21 heavy (non-hydrogen) atoms. The van der Waals surface area contributed by atoms with Gasteiger partial charge in [-0.25, -0.2) is 0 Å². The fourth-order valence-corrected chi connectivity index (χ4v) is 2.79. The van der Waals surface area contributed by atoms with Crippen LogP contribution in [0.1, 0.15) is 66.0 Å². The molecule has 0 aliphatic heterocycles. The highest BCUT2D eigenvalue weighted by molar-refractivity contribution is 5.26. The highest BCUT2D eigenvalue weighted by atomic mass is 16.5. The number of nitrogens with zero attached hydrogens (tertiary/aromatic N) is 1. The van der Waals surface area contributed by atoms with Gasteiger partial charge in [-0.3, -0.25) is 16.3 Å². The maximum absolute atomic E-state index is 5.75. The lowest BCUT2D eigenvalue weighted by Gasteiger charge is -2.26. The third kappa shape index (κ3) is 6.91. The molecule has 0 aliphatic carbocycles. The van der Waals surface area contributed by atoms with Crippen molar-refractivity contribution in [3.63, 3.8) is 0 Å². The quantitative estimate of drug-likeness (QED) is 0.592. The number of nitrogens with two attached hydrogens (primary N) is 1. The van der Waals surface area contributed by atoms with Crippen LogP contribution in [0.15, 0.2) is 18.5 Å². The molecule has 0 aromatic carbocycles. The topological polar surface area (TPSA) is 60.2 Å². The second-order valence-corrected chi connectivity index (χ2v) is 7.45. The van der Waals surface area contributed by atoms with Crippen molar-refractivity contribution >= 4 is 0 Å². The van der Waals surface area contributed by atoms with Crippen molar-refractivity contribution in [3.8, 4) is 5.75 Å². The molecule has 4 nitrogen and oxygen atoms in total. The Morgan fingerprint density at radius 2 is 1.90 bits per heavy atom. The van der Waals surface area contributed by atoms with Crippen molar-refractivity contribution in [1.29, 1.82) is 0 Å². The third-order valence-electron chi connectivity index (χ3n) is 3.31. The molecule has 0 spiro atoms. The van der Waals surface area contributed by atoms with Gasteiger partial charge in [0.2, 0.25) is 0 Å². The van der Waals surface area contributed by atoms with Gasteiger partial charge in [-0.15, -0.1) is 0 Å². The average molecular weight is 293 g/mol. The van der Waals surface area contributed by atoms with E-state index in [1.807, 2.05) is 26.1 Å². The van der Waals surface area contributed by atoms with Crippen LogP contribution in [0.3, 0.4) is 0 Å². The largest absolute Gasteiger partial charge is 0.489 e. The van der Waals surface area contributed by atoms with Crippen LogP contribution in [0, 0.1) is 11.3 Å². The molecule has 4 heteroatoms. The number of ether oxygens (including phenoxy) is 1. The summed E-state index contributed by atoms with van der Waals surface area (Å²) < 4.78 is 5.70.